The van der Waals surface area contributed by atoms with Gasteiger partial charge in [-0.05, 0) is 53.5 Å². The topological polar surface area (TPSA) is 23.6 Å². The third-order valence-electron chi connectivity index (χ3n) is 4.03. The van der Waals surface area contributed by atoms with Crippen molar-refractivity contribution in [1.29, 1.82) is 0 Å². The molecule has 110 valence electrons. The summed E-state index contributed by atoms with van der Waals surface area (Å²) >= 11 is 9.34. The van der Waals surface area contributed by atoms with E-state index in [0.717, 1.165) is 36.9 Å². The third-order valence-corrected chi connectivity index (χ3v) is 4.93. The smallest absolute Gasteiger partial charge is 0.254 e. The van der Waals surface area contributed by atoms with Crippen LogP contribution in [0.4, 0.5) is 0 Å². The van der Waals surface area contributed by atoms with Gasteiger partial charge in [0, 0.05) is 35.7 Å². The van der Waals surface area contributed by atoms with Gasteiger partial charge in [0.25, 0.3) is 5.91 Å². The Morgan fingerprint density at radius 1 is 1.45 bits per heavy atom. The highest BCUT2D eigenvalue weighted by molar-refractivity contribution is 9.10. The fourth-order valence-corrected chi connectivity index (χ4v) is 3.49. The van der Waals surface area contributed by atoms with Gasteiger partial charge in [0.2, 0.25) is 0 Å². The maximum atomic E-state index is 12.6. The first-order valence-electron chi connectivity index (χ1n) is 6.97. The number of amides is 1. The largest absolute Gasteiger partial charge is 0.339 e. The van der Waals surface area contributed by atoms with Crippen LogP contribution in [-0.2, 0) is 0 Å². The molecule has 0 radical (unpaired) electrons. The number of halogens is 2. The fraction of sp³-hybridized carbons (Fsp3) is 0.533. The van der Waals surface area contributed by atoms with Gasteiger partial charge in [-0.2, -0.15) is 0 Å². The first-order valence-corrected chi connectivity index (χ1v) is 8.14. The first-order chi connectivity index (χ1) is 9.52. The van der Waals surface area contributed by atoms with Gasteiger partial charge >= 0.3 is 0 Å². The van der Waals surface area contributed by atoms with E-state index in [4.69, 9.17) is 11.6 Å². The molecule has 0 saturated carbocycles. The number of benzene rings is 1. The Hall–Kier alpha value is -0.580. The Kier molecular flexibility index (Phi) is 5.47. The van der Waals surface area contributed by atoms with Gasteiger partial charge in [0.1, 0.15) is 0 Å². The van der Waals surface area contributed by atoms with Gasteiger partial charge in [-0.15, -0.1) is 0 Å². The van der Waals surface area contributed by atoms with Crippen LogP contribution >= 0.6 is 27.5 Å². The van der Waals surface area contributed by atoms with Crippen LogP contribution in [0.1, 0.15) is 30.1 Å². The van der Waals surface area contributed by atoms with Gasteiger partial charge in [-0.25, -0.2) is 0 Å². The van der Waals surface area contributed by atoms with E-state index in [1.807, 2.05) is 11.9 Å². The summed E-state index contributed by atoms with van der Waals surface area (Å²) in [7, 11) is 1.90. The molecule has 1 aromatic carbocycles. The van der Waals surface area contributed by atoms with Gasteiger partial charge in [-0.1, -0.05) is 18.5 Å². The van der Waals surface area contributed by atoms with Crippen molar-refractivity contribution >= 4 is 33.4 Å². The summed E-state index contributed by atoms with van der Waals surface area (Å²) in [6.45, 7) is 5.41. The summed E-state index contributed by atoms with van der Waals surface area (Å²) in [5, 5.41) is 0.632. The second-order valence-electron chi connectivity index (χ2n) is 5.21. The molecule has 2 rings (SSSR count). The van der Waals surface area contributed by atoms with Crippen LogP contribution in [0, 0.1) is 0 Å². The average molecular weight is 360 g/mol. The molecule has 20 heavy (non-hydrogen) atoms. The lowest BCUT2D eigenvalue weighted by molar-refractivity contribution is 0.0646. The molecule has 1 aromatic rings. The van der Waals surface area contributed by atoms with Crippen LogP contribution in [0.5, 0.6) is 0 Å². The van der Waals surface area contributed by atoms with E-state index in [0.29, 0.717) is 16.6 Å². The molecule has 3 nitrogen and oxygen atoms in total. The molecule has 1 aliphatic heterocycles. The van der Waals surface area contributed by atoms with Crippen LogP contribution < -0.4 is 0 Å². The second kappa shape index (κ2) is 6.92. The minimum atomic E-state index is 0.0588. The van der Waals surface area contributed by atoms with Crippen molar-refractivity contribution in [1.82, 2.24) is 9.80 Å². The molecule has 0 N–H and O–H groups in total. The zero-order valence-corrected chi connectivity index (χ0v) is 14.2. The standard InChI is InChI=1S/C15H20BrClN2O/c1-3-19-8-6-12(7-9-19)18(2)15(20)13-5-4-11(17)10-14(13)16/h4-5,10,12H,3,6-9H2,1-2H3. The molecule has 1 amide bonds. The van der Waals surface area contributed by atoms with Crippen molar-refractivity contribution in [3.8, 4) is 0 Å². The summed E-state index contributed by atoms with van der Waals surface area (Å²) in [5.74, 6) is 0.0588. The zero-order valence-electron chi connectivity index (χ0n) is 11.9. The summed E-state index contributed by atoms with van der Waals surface area (Å²) in [4.78, 5) is 16.9. The minimum Gasteiger partial charge on any atom is -0.339 e. The van der Waals surface area contributed by atoms with E-state index in [9.17, 15) is 4.79 Å². The lowest BCUT2D eigenvalue weighted by Crippen LogP contribution is -2.45. The Morgan fingerprint density at radius 2 is 2.10 bits per heavy atom. The number of hydrogen-bond acceptors (Lipinski definition) is 2. The Bertz CT molecular complexity index is 487. The molecular weight excluding hydrogens is 340 g/mol. The third kappa shape index (κ3) is 3.54. The predicted octanol–water partition coefficient (Wildman–Crippen LogP) is 3.66. The van der Waals surface area contributed by atoms with E-state index in [-0.39, 0.29) is 5.91 Å². The SMILES string of the molecule is CCN1CCC(N(C)C(=O)c2ccc(Cl)cc2Br)CC1. The molecule has 0 spiro atoms. The van der Waals surface area contributed by atoms with Crippen molar-refractivity contribution in [3.63, 3.8) is 0 Å². The number of carbonyl (C=O) groups excluding carboxylic acids is 1. The fourth-order valence-electron chi connectivity index (χ4n) is 2.64. The summed E-state index contributed by atoms with van der Waals surface area (Å²) in [5.41, 5.74) is 0.676. The van der Waals surface area contributed by atoms with Crippen molar-refractivity contribution in [2.24, 2.45) is 0 Å². The predicted molar refractivity (Wildman–Crippen MR) is 86.4 cm³/mol. The zero-order chi connectivity index (χ0) is 14.7. The average Bonchev–Trinajstić information content (AvgIpc) is 2.46. The summed E-state index contributed by atoms with van der Waals surface area (Å²) < 4.78 is 0.757. The number of hydrogen-bond donors (Lipinski definition) is 0. The highest BCUT2D eigenvalue weighted by Crippen LogP contribution is 2.24. The summed E-state index contributed by atoms with van der Waals surface area (Å²) in [6.07, 6.45) is 2.09. The van der Waals surface area contributed by atoms with Gasteiger partial charge < -0.3 is 9.80 Å². The highest BCUT2D eigenvalue weighted by Gasteiger charge is 2.26. The quantitative estimate of drug-likeness (QED) is 0.822. The first kappa shape index (κ1) is 15.8. The normalized spacial score (nSPS) is 17.2. The second-order valence-corrected chi connectivity index (χ2v) is 6.50. The molecule has 0 aromatic heterocycles. The number of likely N-dealkylation sites (tertiary alicyclic amines) is 1. The van der Waals surface area contributed by atoms with Crippen LogP contribution in [0.2, 0.25) is 5.02 Å². The van der Waals surface area contributed by atoms with Gasteiger partial charge in [0.15, 0.2) is 0 Å². The van der Waals surface area contributed by atoms with E-state index in [2.05, 4.69) is 27.8 Å². The van der Waals surface area contributed by atoms with E-state index < -0.39 is 0 Å². The Morgan fingerprint density at radius 3 is 2.65 bits per heavy atom. The Labute approximate surface area is 134 Å². The summed E-state index contributed by atoms with van der Waals surface area (Å²) in [6, 6.07) is 5.63. The Balaban J connectivity index is 2.05. The number of piperidine rings is 1. The van der Waals surface area contributed by atoms with Crippen LogP contribution in [-0.4, -0.2) is 48.4 Å². The van der Waals surface area contributed by atoms with E-state index in [1.165, 1.54) is 0 Å². The lowest BCUT2D eigenvalue weighted by Gasteiger charge is -2.36. The van der Waals surface area contributed by atoms with Crippen LogP contribution in [0.3, 0.4) is 0 Å². The molecular formula is C15H20BrClN2O. The van der Waals surface area contributed by atoms with Crippen molar-refractivity contribution in [2.45, 2.75) is 25.8 Å². The monoisotopic (exact) mass is 358 g/mol. The molecule has 1 aliphatic rings. The van der Waals surface area contributed by atoms with Gasteiger partial charge in [-0.3, -0.25) is 4.79 Å². The van der Waals surface area contributed by atoms with E-state index in [1.54, 1.807) is 18.2 Å². The number of carbonyl (C=O) groups is 1. The molecule has 0 aliphatic carbocycles. The maximum absolute atomic E-state index is 12.6. The molecule has 1 fully saturated rings. The van der Waals surface area contributed by atoms with Crippen LogP contribution in [0.15, 0.2) is 22.7 Å². The number of rotatable bonds is 3. The molecule has 5 heteroatoms. The van der Waals surface area contributed by atoms with Crippen LogP contribution in [0.25, 0.3) is 0 Å². The van der Waals surface area contributed by atoms with Crippen molar-refractivity contribution < 1.29 is 4.79 Å². The molecule has 1 saturated heterocycles. The maximum Gasteiger partial charge on any atom is 0.254 e. The highest BCUT2D eigenvalue weighted by atomic mass is 79.9. The van der Waals surface area contributed by atoms with E-state index >= 15 is 0 Å². The van der Waals surface area contributed by atoms with Crippen molar-refractivity contribution in [2.75, 3.05) is 26.7 Å². The molecule has 0 unspecified atom stereocenters. The lowest BCUT2D eigenvalue weighted by atomic mass is 10.0. The molecule has 0 bridgehead atoms. The molecule has 1 heterocycles. The minimum absolute atomic E-state index is 0.0588. The van der Waals surface area contributed by atoms with Crippen molar-refractivity contribution in [3.05, 3.63) is 33.3 Å². The molecule has 0 atom stereocenters. The number of nitrogens with zero attached hydrogens (tertiary/aromatic N) is 2. The van der Waals surface area contributed by atoms with Gasteiger partial charge in [0.05, 0.1) is 5.56 Å².